The number of aliphatic hydroxyl groups is 1. The largest absolute Gasteiger partial charge is 0.390 e. The predicted molar refractivity (Wildman–Crippen MR) is 54.5 cm³/mol. The Kier molecular flexibility index (Phi) is 2.72. The second-order valence-corrected chi connectivity index (χ2v) is 5.29. The molecule has 0 spiro atoms. The van der Waals surface area contributed by atoms with Crippen LogP contribution < -0.4 is 5.73 Å². The molecule has 3 nitrogen and oxygen atoms in total. The molecule has 3 heteroatoms. The topological polar surface area (TPSA) is 49.5 Å². The summed E-state index contributed by atoms with van der Waals surface area (Å²) in [6.45, 7) is 11.0. The second-order valence-electron chi connectivity index (χ2n) is 5.29. The van der Waals surface area contributed by atoms with E-state index in [1.165, 1.54) is 0 Å². The van der Waals surface area contributed by atoms with Crippen molar-refractivity contribution in [3.05, 3.63) is 0 Å². The minimum absolute atomic E-state index is 0.00618. The Bertz CT molecular complexity index is 182. The van der Waals surface area contributed by atoms with Gasteiger partial charge in [-0.3, -0.25) is 4.90 Å². The van der Waals surface area contributed by atoms with Crippen LogP contribution in [0.4, 0.5) is 0 Å². The molecule has 1 aliphatic heterocycles. The second kappa shape index (κ2) is 3.23. The minimum atomic E-state index is -0.145. The van der Waals surface area contributed by atoms with Gasteiger partial charge in [0.2, 0.25) is 0 Å². The maximum atomic E-state index is 9.26. The summed E-state index contributed by atoms with van der Waals surface area (Å²) in [6, 6.07) is 0. The highest BCUT2D eigenvalue weighted by atomic mass is 16.3. The summed E-state index contributed by atoms with van der Waals surface area (Å²) in [5.41, 5.74) is 5.99. The van der Waals surface area contributed by atoms with Crippen LogP contribution in [-0.4, -0.2) is 41.3 Å². The van der Waals surface area contributed by atoms with E-state index in [1.54, 1.807) is 0 Å². The van der Waals surface area contributed by atoms with Crippen LogP contribution in [0.5, 0.6) is 0 Å². The third-order valence-corrected chi connectivity index (χ3v) is 3.57. The van der Waals surface area contributed by atoms with Gasteiger partial charge in [0.15, 0.2) is 0 Å². The predicted octanol–water partition coefficient (Wildman–Crippen LogP) is 0.426. The van der Waals surface area contributed by atoms with E-state index in [1.807, 2.05) is 0 Å². The number of hydrogen-bond donors (Lipinski definition) is 2. The number of β-amino-alcohol motifs (C(OH)–C–C–N with tert-alkyl or cyclic N) is 1. The van der Waals surface area contributed by atoms with Crippen LogP contribution in [0.3, 0.4) is 0 Å². The molecule has 0 aromatic carbocycles. The monoisotopic (exact) mass is 186 g/mol. The first-order valence-electron chi connectivity index (χ1n) is 4.94. The first-order chi connectivity index (χ1) is 5.81. The van der Waals surface area contributed by atoms with Gasteiger partial charge < -0.3 is 10.8 Å². The summed E-state index contributed by atoms with van der Waals surface area (Å²) >= 11 is 0. The minimum Gasteiger partial charge on any atom is -0.390 e. The molecular formula is C10H22N2O. The molecule has 0 aromatic heterocycles. The lowest BCUT2D eigenvalue weighted by Crippen LogP contribution is -2.68. The van der Waals surface area contributed by atoms with Crippen molar-refractivity contribution < 1.29 is 5.11 Å². The normalized spacial score (nSPS) is 25.4. The van der Waals surface area contributed by atoms with Crippen LogP contribution in [0.2, 0.25) is 0 Å². The zero-order valence-corrected chi connectivity index (χ0v) is 9.17. The Morgan fingerprint density at radius 3 is 2.00 bits per heavy atom. The summed E-state index contributed by atoms with van der Waals surface area (Å²) in [7, 11) is 0. The lowest BCUT2D eigenvalue weighted by molar-refractivity contribution is -0.0971. The zero-order valence-electron chi connectivity index (χ0n) is 9.17. The summed E-state index contributed by atoms with van der Waals surface area (Å²) in [5, 5.41) is 9.26. The van der Waals surface area contributed by atoms with Gasteiger partial charge in [0, 0.05) is 25.2 Å². The van der Waals surface area contributed by atoms with Crippen LogP contribution in [0, 0.1) is 5.41 Å². The highest BCUT2D eigenvalue weighted by Gasteiger charge is 2.46. The Morgan fingerprint density at radius 1 is 1.31 bits per heavy atom. The Labute approximate surface area is 80.9 Å². The van der Waals surface area contributed by atoms with Gasteiger partial charge in [0.1, 0.15) is 0 Å². The lowest BCUT2D eigenvalue weighted by Gasteiger charge is -2.55. The van der Waals surface area contributed by atoms with Gasteiger partial charge in [-0.25, -0.2) is 0 Å². The van der Waals surface area contributed by atoms with Gasteiger partial charge in [-0.1, -0.05) is 20.8 Å². The maximum Gasteiger partial charge on any atom is 0.0794 e. The highest BCUT2D eigenvalue weighted by molar-refractivity contribution is 5.02. The quantitative estimate of drug-likeness (QED) is 0.657. The van der Waals surface area contributed by atoms with Crippen LogP contribution in [0.25, 0.3) is 0 Å². The van der Waals surface area contributed by atoms with Gasteiger partial charge in [0.05, 0.1) is 6.10 Å². The smallest absolute Gasteiger partial charge is 0.0794 e. The van der Waals surface area contributed by atoms with E-state index in [4.69, 9.17) is 5.73 Å². The van der Waals surface area contributed by atoms with Crippen molar-refractivity contribution >= 4 is 0 Å². The number of aliphatic hydroxyl groups excluding tert-OH is 1. The number of hydrogen-bond acceptors (Lipinski definition) is 3. The van der Waals surface area contributed by atoms with Gasteiger partial charge in [-0.15, -0.1) is 0 Å². The van der Waals surface area contributed by atoms with Crippen LogP contribution >= 0.6 is 0 Å². The molecule has 0 radical (unpaired) electrons. The van der Waals surface area contributed by atoms with Crippen LogP contribution in [0.15, 0.2) is 0 Å². The zero-order chi connectivity index (χ0) is 10.3. The van der Waals surface area contributed by atoms with E-state index in [-0.39, 0.29) is 17.1 Å². The first-order valence-corrected chi connectivity index (χ1v) is 4.94. The van der Waals surface area contributed by atoms with Crippen LogP contribution in [0.1, 0.15) is 27.7 Å². The van der Waals surface area contributed by atoms with Crippen molar-refractivity contribution in [3.63, 3.8) is 0 Å². The number of nitrogens with two attached hydrogens (primary N) is 1. The van der Waals surface area contributed by atoms with E-state index < -0.39 is 0 Å². The molecular weight excluding hydrogens is 164 g/mol. The van der Waals surface area contributed by atoms with Crippen molar-refractivity contribution in [1.82, 2.24) is 4.90 Å². The fourth-order valence-electron chi connectivity index (χ4n) is 1.77. The number of nitrogens with zero attached hydrogens (tertiary/aromatic N) is 1. The van der Waals surface area contributed by atoms with E-state index in [0.717, 1.165) is 13.1 Å². The molecule has 3 N–H and O–H groups in total. The summed E-state index contributed by atoms with van der Waals surface area (Å²) < 4.78 is 0. The molecule has 1 fully saturated rings. The molecule has 78 valence electrons. The molecule has 1 unspecified atom stereocenters. The van der Waals surface area contributed by atoms with Gasteiger partial charge in [-0.05, 0) is 12.3 Å². The molecule has 1 rings (SSSR count). The number of rotatable bonds is 2. The van der Waals surface area contributed by atoms with Crippen molar-refractivity contribution in [2.24, 2.45) is 11.1 Å². The molecule has 0 aromatic rings. The maximum absolute atomic E-state index is 9.26. The molecule has 1 heterocycles. The Morgan fingerprint density at radius 2 is 1.77 bits per heavy atom. The van der Waals surface area contributed by atoms with E-state index in [9.17, 15) is 5.11 Å². The van der Waals surface area contributed by atoms with Gasteiger partial charge in [0.25, 0.3) is 0 Å². The number of likely N-dealkylation sites (tertiary alicyclic amines) is 1. The highest BCUT2D eigenvalue weighted by Crippen LogP contribution is 2.37. The Balaban J connectivity index is 2.70. The third-order valence-electron chi connectivity index (χ3n) is 3.57. The fourth-order valence-corrected chi connectivity index (χ4v) is 1.77. The summed E-state index contributed by atoms with van der Waals surface area (Å²) in [6.07, 6.45) is -0.145. The van der Waals surface area contributed by atoms with Gasteiger partial charge >= 0.3 is 0 Å². The molecule has 0 saturated carbocycles. The average Bonchev–Trinajstić information content (AvgIpc) is 1.95. The van der Waals surface area contributed by atoms with Gasteiger partial charge in [-0.2, -0.15) is 0 Å². The molecule has 1 aliphatic rings. The first kappa shape index (κ1) is 11.0. The Hall–Kier alpha value is -0.120. The van der Waals surface area contributed by atoms with Crippen molar-refractivity contribution in [3.8, 4) is 0 Å². The fraction of sp³-hybridized carbons (Fsp3) is 1.00. The van der Waals surface area contributed by atoms with Crippen molar-refractivity contribution in [1.29, 1.82) is 0 Å². The summed E-state index contributed by atoms with van der Waals surface area (Å²) in [4.78, 5) is 2.28. The molecule has 1 atom stereocenters. The van der Waals surface area contributed by atoms with E-state index in [0.29, 0.717) is 6.54 Å². The molecule has 13 heavy (non-hydrogen) atoms. The van der Waals surface area contributed by atoms with E-state index in [2.05, 4.69) is 32.6 Å². The van der Waals surface area contributed by atoms with Crippen molar-refractivity contribution in [2.75, 3.05) is 19.6 Å². The third kappa shape index (κ3) is 1.73. The lowest BCUT2D eigenvalue weighted by atomic mass is 9.72. The molecule has 0 bridgehead atoms. The summed E-state index contributed by atoms with van der Waals surface area (Å²) in [5.74, 6) is 0. The molecule has 0 amide bonds. The van der Waals surface area contributed by atoms with Crippen LogP contribution in [-0.2, 0) is 0 Å². The van der Waals surface area contributed by atoms with Crippen molar-refractivity contribution in [2.45, 2.75) is 39.3 Å². The standard InChI is InChI=1S/C10H22N2O/c1-9(2,3)10(4,7-11)12-5-8(13)6-12/h8,13H,5-7,11H2,1-4H3. The molecule has 1 saturated heterocycles. The molecule has 0 aliphatic carbocycles. The average molecular weight is 186 g/mol. The van der Waals surface area contributed by atoms with E-state index >= 15 is 0 Å². The SMILES string of the molecule is CC(C)(C)C(C)(CN)N1CC(O)C1.